The molecule has 0 saturated carbocycles. The van der Waals surface area contributed by atoms with Gasteiger partial charge < -0.3 is 14.9 Å². The zero-order valence-electron chi connectivity index (χ0n) is 20.1. The normalized spacial score (nSPS) is 15.1. The first kappa shape index (κ1) is 28.6. The van der Waals surface area contributed by atoms with E-state index in [0.717, 1.165) is 43.3 Å². The number of anilines is 1. The SMILES string of the molecule is CN(C(=O)Cc1cccc(NS(C)(=O)=O)c1)C(CN1CCCC1)c1cccc(O)c1.CS(=O)(=O)O. The highest BCUT2D eigenvalue weighted by molar-refractivity contribution is 7.92. The fourth-order valence-corrected chi connectivity index (χ4v) is 4.38. The summed E-state index contributed by atoms with van der Waals surface area (Å²) in [7, 11) is -5.26. The van der Waals surface area contributed by atoms with Crippen molar-refractivity contribution in [2.45, 2.75) is 25.3 Å². The van der Waals surface area contributed by atoms with E-state index in [9.17, 15) is 26.7 Å². The number of phenolic OH excluding ortho intramolecular Hbond substituents is 1. The first-order chi connectivity index (χ1) is 16.2. The van der Waals surface area contributed by atoms with E-state index >= 15 is 0 Å². The van der Waals surface area contributed by atoms with E-state index in [1.54, 1.807) is 48.3 Å². The predicted octanol–water partition coefficient (Wildman–Crippen LogP) is 2.11. The summed E-state index contributed by atoms with van der Waals surface area (Å²) in [6.07, 6.45) is 4.28. The number of carbonyl (C=O) groups is 1. The molecule has 1 aliphatic rings. The number of likely N-dealkylation sites (tertiary alicyclic amines) is 1. The van der Waals surface area contributed by atoms with Crippen LogP contribution in [0.25, 0.3) is 0 Å². The van der Waals surface area contributed by atoms with Crippen LogP contribution in [0.15, 0.2) is 48.5 Å². The number of carbonyl (C=O) groups excluding carboxylic acids is 1. The molecule has 0 aromatic heterocycles. The van der Waals surface area contributed by atoms with Crippen LogP contribution in [0.4, 0.5) is 5.69 Å². The fraction of sp³-hybridized carbons (Fsp3) is 0.435. The molecule has 1 fully saturated rings. The number of likely N-dealkylation sites (N-methyl/N-ethyl adjacent to an activating group) is 1. The van der Waals surface area contributed by atoms with Gasteiger partial charge in [-0.1, -0.05) is 24.3 Å². The number of rotatable bonds is 8. The molecular formula is C23H33N3O7S2. The molecule has 1 heterocycles. The van der Waals surface area contributed by atoms with E-state index in [2.05, 4.69) is 9.62 Å². The predicted molar refractivity (Wildman–Crippen MR) is 135 cm³/mol. The van der Waals surface area contributed by atoms with Gasteiger partial charge in [0, 0.05) is 19.3 Å². The van der Waals surface area contributed by atoms with E-state index in [0.29, 0.717) is 18.5 Å². The third-order valence-corrected chi connectivity index (χ3v) is 5.94. The van der Waals surface area contributed by atoms with Crippen LogP contribution in [0.2, 0.25) is 0 Å². The molecule has 2 aromatic carbocycles. The van der Waals surface area contributed by atoms with E-state index in [1.165, 1.54) is 0 Å². The first-order valence-electron chi connectivity index (χ1n) is 11.0. The van der Waals surface area contributed by atoms with Crippen LogP contribution in [-0.2, 0) is 31.4 Å². The molecule has 0 bridgehead atoms. The van der Waals surface area contributed by atoms with E-state index in [-0.39, 0.29) is 24.1 Å². The van der Waals surface area contributed by atoms with Gasteiger partial charge in [0.05, 0.1) is 25.0 Å². The standard InChI is InChI=1S/C22H29N3O4S.CH4O3S/c1-24(22(27)14-17-7-5-9-19(13-17)23-30(2,28)29)21(16-25-11-3-4-12-25)18-8-6-10-20(26)15-18;1-5(2,3)4/h5-10,13,15,21,23,26H,3-4,11-12,14,16H2,1-2H3;1H3,(H,2,3,4). The summed E-state index contributed by atoms with van der Waals surface area (Å²) in [5.41, 5.74) is 2.06. The van der Waals surface area contributed by atoms with E-state index < -0.39 is 20.1 Å². The molecule has 0 aliphatic carbocycles. The summed E-state index contributed by atoms with van der Waals surface area (Å²) in [6.45, 7) is 2.73. The molecule has 0 spiro atoms. The summed E-state index contributed by atoms with van der Waals surface area (Å²) in [5, 5.41) is 9.93. The Morgan fingerprint density at radius 3 is 2.23 bits per heavy atom. The lowest BCUT2D eigenvalue weighted by molar-refractivity contribution is -0.131. The Labute approximate surface area is 207 Å². The topological polar surface area (TPSA) is 144 Å². The number of nitrogens with zero attached hydrogens (tertiary/aromatic N) is 2. The third kappa shape index (κ3) is 11.1. The number of amides is 1. The van der Waals surface area contributed by atoms with Gasteiger partial charge in [-0.2, -0.15) is 8.42 Å². The number of hydrogen-bond acceptors (Lipinski definition) is 7. The van der Waals surface area contributed by atoms with Gasteiger partial charge in [0.25, 0.3) is 10.1 Å². The molecule has 1 aliphatic heterocycles. The van der Waals surface area contributed by atoms with Crippen molar-refractivity contribution in [2.24, 2.45) is 0 Å². The van der Waals surface area contributed by atoms with Crippen LogP contribution in [0, 0.1) is 0 Å². The smallest absolute Gasteiger partial charge is 0.261 e. The van der Waals surface area contributed by atoms with Crippen LogP contribution in [0.1, 0.15) is 30.0 Å². The van der Waals surface area contributed by atoms with Gasteiger partial charge in [0.15, 0.2) is 0 Å². The number of aromatic hydroxyl groups is 1. The summed E-state index contributed by atoms with van der Waals surface area (Å²) in [6, 6.07) is 13.7. The molecule has 3 N–H and O–H groups in total. The molecule has 10 nitrogen and oxygen atoms in total. The molecule has 35 heavy (non-hydrogen) atoms. The summed E-state index contributed by atoms with van der Waals surface area (Å²) >= 11 is 0. The Morgan fingerprint density at radius 1 is 1.06 bits per heavy atom. The molecule has 1 amide bonds. The monoisotopic (exact) mass is 527 g/mol. The van der Waals surface area contributed by atoms with Crippen molar-refractivity contribution in [3.05, 3.63) is 59.7 Å². The second kappa shape index (κ2) is 12.3. The van der Waals surface area contributed by atoms with Crippen molar-refractivity contribution in [3.8, 4) is 5.75 Å². The van der Waals surface area contributed by atoms with Crippen molar-refractivity contribution in [2.75, 3.05) is 43.9 Å². The number of sulfonamides is 1. The average molecular weight is 528 g/mol. The Morgan fingerprint density at radius 2 is 1.66 bits per heavy atom. The van der Waals surface area contributed by atoms with Gasteiger partial charge in [-0.05, 0) is 61.3 Å². The largest absolute Gasteiger partial charge is 0.508 e. The molecule has 2 aromatic rings. The maximum absolute atomic E-state index is 13.1. The van der Waals surface area contributed by atoms with Crippen LogP contribution in [0.3, 0.4) is 0 Å². The minimum absolute atomic E-state index is 0.0703. The van der Waals surface area contributed by atoms with Gasteiger partial charge in [0.2, 0.25) is 15.9 Å². The first-order valence-corrected chi connectivity index (χ1v) is 14.7. The number of hydrogen-bond donors (Lipinski definition) is 3. The Hall–Kier alpha value is -2.67. The second-order valence-corrected chi connectivity index (χ2v) is 11.8. The van der Waals surface area contributed by atoms with Crippen molar-refractivity contribution in [1.29, 1.82) is 0 Å². The van der Waals surface area contributed by atoms with Gasteiger partial charge >= 0.3 is 0 Å². The zero-order valence-corrected chi connectivity index (χ0v) is 21.7. The molecule has 1 saturated heterocycles. The van der Waals surface area contributed by atoms with Crippen LogP contribution < -0.4 is 4.72 Å². The molecular weight excluding hydrogens is 494 g/mol. The van der Waals surface area contributed by atoms with E-state index in [4.69, 9.17) is 4.55 Å². The van der Waals surface area contributed by atoms with Crippen molar-refractivity contribution in [1.82, 2.24) is 9.80 Å². The van der Waals surface area contributed by atoms with Crippen molar-refractivity contribution >= 4 is 31.7 Å². The zero-order chi connectivity index (χ0) is 26.2. The highest BCUT2D eigenvalue weighted by Gasteiger charge is 2.26. The molecule has 1 unspecified atom stereocenters. The Balaban J connectivity index is 0.000000784. The Kier molecular flexibility index (Phi) is 10.1. The minimum Gasteiger partial charge on any atom is -0.508 e. The van der Waals surface area contributed by atoms with Crippen molar-refractivity contribution in [3.63, 3.8) is 0 Å². The van der Waals surface area contributed by atoms with Crippen LogP contribution in [0.5, 0.6) is 5.75 Å². The summed E-state index contributed by atoms with van der Waals surface area (Å²) in [4.78, 5) is 17.2. The summed E-state index contributed by atoms with van der Waals surface area (Å²) < 4.78 is 51.2. The van der Waals surface area contributed by atoms with Gasteiger partial charge in [0.1, 0.15) is 5.75 Å². The number of benzene rings is 2. The lowest BCUT2D eigenvalue weighted by Gasteiger charge is -2.32. The van der Waals surface area contributed by atoms with Gasteiger partial charge in [-0.15, -0.1) is 0 Å². The quantitative estimate of drug-likeness (QED) is 0.443. The third-order valence-electron chi connectivity index (χ3n) is 5.33. The maximum Gasteiger partial charge on any atom is 0.261 e. The van der Waals surface area contributed by atoms with Crippen LogP contribution in [-0.4, -0.2) is 81.4 Å². The highest BCUT2D eigenvalue weighted by Crippen LogP contribution is 2.26. The van der Waals surface area contributed by atoms with Crippen molar-refractivity contribution < 1.29 is 31.3 Å². The highest BCUT2D eigenvalue weighted by atomic mass is 32.2. The minimum atomic E-state index is -3.67. The van der Waals surface area contributed by atoms with Crippen LogP contribution >= 0.6 is 0 Å². The maximum atomic E-state index is 13.1. The average Bonchev–Trinajstić information content (AvgIpc) is 3.22. The molecule has 1 atom stereocenters. The Bertz CT molecular complexity index is 1200. The van der Waals surface area contributed by atoms with Gasteiger partial charge in [-0.25, -0.2) is 8.42 Å². The summed E-state index contributed by atoms with van der Waals surface area (Å²) in [5.74, 6) is 0.110. The molecule has 194 valence electrons. The lowest BCUT2D eigenvalue weighted by atomic mass is 10.0. The number of phenols is 1. The van der Waals surface area contributed by atoms with Gasteiger partial charge in [-0.3, -0.25) is 14.1 Å². The molecule has 3 rings (SSSR count). The van der Waals surface area contributed by atoms with E-state index in [1.807, 2.05) is 12.1 Å². The lowest BCUT2D eigenvalue weighted by Crippen LogP contribution is -2.39. The molecule has 12 heteroatoms. The fourth-order valence-electron chi connectivity index (χ4n) is 3.83. The molecule has 0 radical (unpaired) electrons. The number of nitrogens with one attached hydrogen (secondary N) is 1. The second-order valence-electron chi connectivity index (χ2n) is 8.61.